The Kier molecular flexibility index (Phi) is 10.8. The number of nitrogens with zero attached hydrogens (tertiary/aromatic N) is 7. The minimum atomic E-state index is -0.939. The van der Waals surface area contributed by atoms with Gasteiger partial charge in [-0.25, -0.2) is 23.1 Å². The number of nitro groups is 1. The molecule has 3 heterocycles. The average molecular weight is 711 g/mol. The lowest BCUT2D eigenvalue weighted by atomic mass is 9.81. The predicted octanol–water partition coefficient (Wildman–Crippen LogP) is 2.25. The highest BCUT2D eigenvalue weighted by Gasteiger charge is 2.30. The van der Waals surface area contributed by atoms with Crippen LogP contribution in [0, 0.1) is 21.7 Å². The molecule has 3 N–H and O–H groups in total. The molecule has 0 amide bonds. The zero-order valence-electron chi connectivity index (χ0n) is 20.1. The molecule has 0 fully saturated rings. The molecule has 0 aliphatic heterocycles. The van der Waals surface area contributed by atoms with Crippen LogP contribution in [0.4, 0.5) is 20.3 Å². The molecule has 42 heavy (non-hydrogen) atoms. The lowest BCUT2D eigenvalue weighted by Gasteiger charge is -2.03. The number of aromatic nitrogens is 6. The number of halogens is 4. The number of nitrogens with one attached hydrogen (secondary N) is 2. The summed E-state index contributed by atoms with van der Waals surface area (Å²) in [6.45, 7) is 0. The quantitative estimate of drug-likeness (QED) is 0.0782. The Bertz CT molecular complexity index is 1860. The van der Waals surface area contributed by atoms with E-state index in [4.69, 9.17) is 5.21 Å². The first-order chi connectivity index (χ1) is 20.1. The molecule has 23 heteroatoms. The van der Waals surface area contributed by atoms with E-state index in [2.05, 4.69) is 86.7 Å². The molecule has 5 aromatic rings. The summed E-state index contributed by atoms with van der Waals surface area (Å²) in [6.07, 6.45) is 0. The van der Waals surface area contributed by atoms with Gasteiger partial charge in [-0.1, -0.05) is 5.16 Å². The largest absolute Gasteiger partial charge is 0.693 e. The van der Waals surface area contributed by atoms with Gasteiger partial charge in [-0.3, -0.25) is 24.6 Å². The third-order valence-electron chi connectivity index (χ3n) is 4.59. The Hall–Kier alpha value is -4.76. The highest BCUT2D eigenvalue weighted by molar-refractivity contribution is 9.10. The molecule has 3 aromatic heterocycles. The van der Waals surface area contributed by atoms with Crippen LogP contribution >= 0.6 is 31.9 Å². The molecule has 0 bridgehead atoms. The lowest BCUT2D eigenvalue weighted by Crippen LogP contribution is -2.26. The number of H-pyrrole nitrogens is 1. The standard InChI is InChI=1S/C10H3BrFN5O5.C9H6BrFN4O3.B2/c11-5-3-4(1-2-6(5)12)16-8(14-21-10(16)18)7-9(17(19)20)15-22-13-7;10-5-3-4(1-2-6(5)11)12-8(13-17)7-9(16)15-18-14-7;1-2/h1-3H;1-3,17H,(H,12,13)(H,15,16);/q;;-1. The number of hydrogen-bond donors (Lipinski definition) is 3. The van der Waals surface area contributed by atoms with Gasteiger partial charge in [0.1, 0.15) is 11.6 Å². The Morgan fingerprint density at radius 1 is 1.10 bits per heavy atom. The highest BCUT2D eigenvalue weighted by Crippen LogP contribution is 2.27. The first-order valence-corrected chi connectivity index (χ1v) is 12.0. The van der Waals surface area contributed by atoms with Crippen molar-refractivity contribution in [3.63, 3.8) is 0 Å². The van der Waals surface area contributed by atoms with Gasteiger partial charge in [-0.15, -0.1) is 4.63 Å². The van der Waals surface area contributed by atoms with E-state index in [1.807, 2.05) is 5.16 Å². The second-order valence-electron chi connectivity index (χ2n) is 7.03. The minimum absolute atomic E-state index is 0.0804. The van der Waals surface area contributed by atoms with Crippen molar-refractivity contribution in [3.8, 4) is 17.2 Å². The van der Waals surface area contributed by atoms with Crippen molar-refractivity contribution < 1.29 is 32.7 Å². The fourth-order valence-corrected chi connectivity index (χ4v) is 3.59. The fraction of sp³-hybridized carbons (Fsp3) is 0. The molecule has 5 radical (unpaired) electrons. The van der Waals surface area contributed by atoms with Gasteiger partial charge in [-0.05, 0) is 83.5 Å². The predicted molar refractivity (Wildman–Crippen MR) is 144 cm³/mol. The molecule has 213 valence electrons. The van der Waals surface area contributed by atoms with Crippen LogP contribution in [0.2, 0.25) is 0 Å². The van der Waals surface area contributed by atoms with E-state index in [1.54, 1.807) is 5.48 Å². The smallest absolute Gasteiger partial charge is 0.446 e. The lowest BCUT2D eigenvalue weighted by molar-refractivity contribution is -0.390. The van der Waals surface area contributed by atoms with Crippen molar-refractivity contribution in [2.75, 3.05) is 0 Å². The van der Waals surface area contributed by atoms with E-state index in [1.165, 1.54) is 30.3 Å². The maximum absolute atomic E-state index is 13.3. The molecular formula is C19H9B2Br2F2N9O8-. The molecule has 2 aromatic carbocycles. The summed E-state index contributed by atoms with van der Waals surface area (Å²) in [5.74, 6) is -3.19. The molecule has 17 nitrogen and oxygen atoms in total. The van der Waals surface area contributed by atoms with E-state index < -0.39 is 39.4 Å². The Balaban J connectivity index is 0.000000222. The Morgan fingerprint density at radius 2 is 1.76 bits per heavy atom. The second kappa shape index (κ2) is 14.2. The molecule has 0 atom stereocenters. The number of hydrogen-bond acceptors (Lipinski definition) is 13. The summed E-state index contributed by atoms with van der Waals surface area (Å²) in [7, 11) is 8.00. The summed E-state index contributed by atoms with van der Waals surface area (Å²) in [4.78, 5) is 36.9. The molecule has 0 aliphatic carbocycles. The summed E-state index contributed by atoms with van der Waals surface area (Å²) in [6, 6.07) is 7.56. The molecular weight excluding hydrogens is 702 g/mol. The SMILES string of the molecule is O=c1[nH]onc1C(=Nc1ccc(F)c(Br)c1)NO.O=c1onc(-c2nonc2[N+](=O)[O-])n1-c1ccc(F)c(Br)c1.[B][B-]. The van der Waals surface area contributed by atoms with Crippen LogP contribution < -0.4 is 16.8 Å². The van der Waals surface area contributed by atoms with Crippen LogP contribution in [0.25, 0.3) is 17.2 Å². The topological polar surface area (TPSA) is 234 Å². The maximum atomic E-state index is 13.3. The molecule has 0 saturated carbocycles. The number of aliphatic imine (C=N–C) groups is 1. The van der Waals surface area contributed by atoms with E-state index in [9.17, 15) is 28.5 Å². The molecule has 0 unspecified atom stereocenters. The number of rotatable bonds is 5. The van der Waals surface area contributed by atoms with E-state index in [0.29, 0.717) is 5.69 Å². The van der Waals surface area contributed by atoms with Crippen LogP contribution in [0.5, 0.6) is 0 Å². The summed E-state index contributed by atoms with van der Waals surface area (Å²) in [5, 5.41) is 34.9. The van der Waals surface area contributed by atoms with Gasteiger partial charge >= 0.3 is 17.1 Å². The summed E-state index contributed by atoms with van der Waals surface area (Å²) in [5.41, 5.74) is 0.921. The molecule has 5 rings (SSSR count). The monoisotopic (exact) mass is 709 g/mol. The summed E-state index contributed by atoms with van der Waals surface area (Å²) >= 11 is 5.96. The highest BCUT2D eigenvalue weighted by atomic mass is 79.9. The van der Waals surface area contributed by atoms with Crippen molar-refractivity contribution in [1.82, 2.24) is 35.8 Å². The average Bonchev–Trinajstić information content (AvgIpc) is 3.72. The zero-order valence-corrected chi connectivity index (χ0v) is 23.2. The van der Waals surface area contributed by atoms with Crippen molar-refractivity contribution in [1.29, 1.82) is 0 Å². The van der Waals surface area contributed by atoms with Crippen molar-refractivity contribution >= 4 is 64.7 Å². The second-order valence-corrected chi connectivity index (χ2v) is 8.74. The number of amidine groups is 1. The maximum Gasteiger partial charge on any atom is 0.446 e. The number of hydroxylamine groups is 1. The van der Waals surface area contributed by atoms with Crippen LogP contribution in [-0.4, -0.2) is 61.8 Å². The van der Waals surface area contributed by atoms with E-state index >= 15 is 0 Å². The fourth-order valence-electron chi connectivity index (χ4n) is 2.86. The third kappa shape index (κ3) is 7.11. The molecule has 0 spiro atoms. The first kappa shape index (κ1) is 31.8. The normalized spacial score (nSPS) is 10.8. The first-order valence-electron chi connectivity index (χ1n) is 10.4. The van der Waals surface area contributed by atoms with E-state index in [-0.39, 0.29) is 32.0 Å². The Labute approximate surface area is 248 Å². The zero-order chi connectivity index (χ0) is 31.0. The van der Waals surface area contributed by atoms with E-state index in [0.717, 1.165) is 10.6 Å². The third-order valence-corrected chi connectivity index (χ3v) is 5.80. The molecule has 0 saturated heterocycles. The van der Waals surface area contributed by atoms with Crippen LogP contribution in [-0.2, 0) is 0 Å². The van der Waals surface area contributed by atoms with Crippen LogP contribution in [0.15, 0.2) is 73.7 Å². The van der Waals surface area contributed by atoms with Gasteiger partial charge in [0.2, 0.25) is 11.5 Å². The van der Waals surface area contributed by atoms with Gasteiger partial charge < -0.3 is 25.6 Å². The minimum Gasteiger partial charge on any atom is -0.693 e. The van der Waals surface area contributed by atoms with Gasteiger partial charge in [0.25, 0.3) is 5.69 Å². The van der Waals surface area contributed by atoms with Gasteiger partial charge in [0.15, 0.2) is 11.0 Å². The van der Waals surface area contributed by atoms with Crippen molar-refractivity contribution in [3.05, 3.63) is 93.7 Å². The number of benzene rings is 2. The number of aromatic amines is 1. The van der Waals surface area contributed by atoms with Gasteiger partial charge in [-0.2, -0.15) is 5.16 Å². The van der Waals surface area contributed by atoms with Gasteiger partial charge in [0, 0.05) is 0 Å². The van der Waals surface area contributed by atoms with Gasteiger partial charge in [0.05, 0.1) is 20.3 Å². The molecule has 0 aliphatic rings. The Morgan fingerprint density at radius 3 is 2.33 bits per heavy atom. The van der Waals surface area contributed by atoms with Crippen molar-refractivity contribution in [2.24, 2.45) is 4.99 Å². The van der Waals surface area contributed by atoms with Crippen molar-refractivity contribution in [2.45, 2.75) is 0 Å². The summed E-state index contributed by atoms with van der Waals surface area (Å²) < 4.78 is 40.6. The van der Waals surface area contributed by atoms with Crippen LogP contribution in [0.3, 0.4) is 0 Å². The van der Waals surface area contributed by atoms with Crippen LogP contribution in [0.1, 0.15) is 5.69 Å².